The van der Waals surface area contributed by atoms with Crippen molar-refractivity contribution in [2.75, 3.05) is 31.6 Å². The number of alkyl halides is 2. The summed E-state index contributed by atoms with van der Waals surface area (Å²) in [7, 11) is 3.03. The largest absolute Gasteiger partial charge is 0.504 e. The Balaban J connectivity index is 1.42. The van der Waals surface area contributed by atoms with Crippen LogP contribution in [0.5, 0.6) is 11.5 Å². The number of halogens is 2. The number of anilines is 1. The van der Waals surface area contributed by atoms with Crippen molar-refractivity contribution in [1.29, 1.82) is 0 Å². The molecule has 1 unspecified atom stereocenters. The third-order valence-electron chi connectivity index (χ3n) is 6.21. The van der Waals surface area contributed by atoms with E-state index < -0.39 is 23.0 Å². The van der Waals surface area contributed by atoms with Crippen LogP contribution in [0.3, 0.4) is 0 Å². The average Bonchev–Trinajstić information content (AvgIpc) is 3.61. The van der Waals surface area contributed by atoms with Crippen molar-refractivity contribution in [3.63, 3.8) is 0 Å². The molecule has 1 aliphatic carbocycles. The van der Waals surface area contributed by atoms with Crippen molar-refractivity contribution in [3.05, 3.63) is 53.3 Å². The Morgan fingerprint density at radius 3 is 2.50 bits per heavy atom. The number of ether oxygens (including phenoxy) is 1. The monoisotopic (exact) mass is 488 g/mol. The highest BCUT2D eigenvalue weighted by Crippen LogP contribution is 2.45. The number of fused-ring (bicyclic) bond motifs is 1. The summed E-state index contributed by atoms with van der Waals surface area (Å²) in [6, 6.07) is 9.96. The fraction of sp³-hybridized carbons (Fsp3) is 0.348. The van der Waals surface area contributed by atoms with Crippen LogP contribution in [0, 0.1) is 0 Å². The van der Waals surface area contributed by atoms with E-state index in [1.54, 1.807) is 42.3 Å². The van der Waals surface area contributed by atoms with E-state index in [1.807, 2.05) is 0 Å². The number of amides is 2. The van der Waals surface area contributed by atoms with Gasteiger partial charge in [-0.05, 0) is 60.7 Å². The number of carbonyl (C=O) groups is 2. The van der Waals surface area contributed by atoms with E-state index in [9.17, 15) is 23.5 Å². The molecule has 1 N–H and O–H groups in total. The Kier molecular flexibility index (Phi) is 5.43. The highest BCUT2D eigenvalue weighted by atomic mass is 31.0. The first-order valence-electron chi connectivity index (χ1n) is 10.8. The zero-order valence-corrected chi connectivity index (χ0v) is 19.5. The summed E-state index contributed by atoms with van der Waals surface area (Å²) in [6.45, 7) is 0.216. The van der Waals surface area contributed by atoms with Gasteiger partial charge in [0.2, 0.25) is 5.91 Å². The number of carbonyl (C=O) groups excluding carboxylic acids is 2. The molecule has 1 atom stereocenters. The van der Waals surface area contributed by atoms with Crippen LogP contribution < -0.4 is 9.64 Å². The van der Waals surface area contributed by atoms with Crippen LogP contribution in [-0.4, -0.2) is 58.2 Å². The van der Waals surface area contributed by atoms with Crippen LogP contribution in [0.2, 0.25) is 0 Å². The van der Waals surface area contributed by atoms with Crippen molar-refractivity contribution < 1.29 is 28.2 Å². The van der Waals surface area contributed by atoms with Gasteiger partial charge in [-0.2, -0.15) is 13.9 Å². The molecule has 2 aliphatic rings. The van der Waals surface area contributed by atoms with Gasteiger partial charge in [-0.1, -0.05) is 9.24 Å². The fourth-order valence-electron chi connectivity index (χ4n) is 4.22. The number of hydrogen-bond donors (Lipinski definition) is 1. The zero-order valence-electron chi connectivity index (χ0n) is 18.4. The van der Waals surface area contributed by atoms with E-state index in [0.717, 1.165) is 17.4 Å². The normalized spacial score (nSPS) is 16.9. The summed E-state index contributed by atoms with van der Waals surface area (Å²) in [5, 5.41) is 14.8. The van der Waals surface area contributed by atoms with Crippen LogP contribution in [0.4, 0.5) is 14.5 Å². The van der Waals surface area contributed by atoms with Gasteiger partial charge in [-0.25, -0.2) is 4.52 Å². The maximum absolute atomic E-state index is 14.3. The van der Waals surface area contributed by atoms with E-state index in [2.05, 4.69) is 5.10 Å². The van der Waals surface area contributed by atoms with Crippen LogP contribution in [-0.2, 0) is 10.5 Å². The van der Waals surface area contributed by atoms with E-state index in [0.29, 0.717) is 17.0 Å². The van der Waals surface area contributed by atoms with Gasteiger partial charge in [-0.3, -0.25) is 9.59 Å². The van der Waals surface area contributed by atoms with Gasteiger partial charge in [-0.15, -0.1) is 0 Å². The number of piperazine rings is 1. The molecule has 11 heteroatoms. The molecule has 0 bridgehead atoms. The second-order valence-electron chi connectivity index (χ2n) is 8.54. The number of aromatic hydroxyl groups is 1. The van der Waals surface area contributed by atoms with E-state index >= 15 is 0 Å². The first-order valence-corrected chi connectivity index (χ1v) is 11.4. The number of methoxy groups -OCH3 is 1. The number of aromatic nitrogens is 2. The molecule has 1 aliphatic heterocycles. The molecule has 0 radical (unpaired) electrons. The lowest BCUT2D eigenvalue weighted by atomic mass is 10.1. The maximum Gasteiger partial charge on any atom is 0.300 e. The van der Waals surface area contributed by atoms with E-state index in [4.69, 9.17) is 4.74 Å². The molecule has 3 heterocycles. The van der Waals surface area contributed by atoms with Gasteiger partial charge in [0.25, 0.3) is 11.6 Å². The lowest BCUT2D eigenvalue weighted by molar-refractivity contribution is -0.120. The number of pyridine rings is 1. The summed E-state index contributed by atoms with van der Waals surface area (Å²) < 4.78 is 34.7. The van der Waals surface area contributed by atoms with Crippen molar-refractivity contribution >= 4 is 32.3 Å². The van der Waals surface area contributed by atoms with Crippen LogP contribution >= 0.6 is 9.24 Å². The van der Waals surface area contributed by atoms with Gasteiger partial charge < -0.3 is 19.6 Å². The lowest BCUT2D eigenvalue weighted by Gasteiger charge is -2.34. The predicted molar refractivity (Wildman–Crippen MR) is 124 cm³/mol. The highest BCUT2D eigenvalue weighted by molar-refractivity contribution is 7.17. The SMILES string of the molecule is COc1ccc(N2CCN(C(=O)c3nn4c(C(F)(F)P)cc(C5CC5)cc4c3O)CC2=O)cc1. The minimum Gasteiger partial charge on any atom is -0.504 e. The Hall–Kier alpha value is -3.26. The Bertz CT molecular complexity index is 1280. The lowest BCUT2D eigenvalue weighted by Crippen LogP contribution is -2.52. The Labute approximate surface area is 196 Å². The third-order valence-corrected chi connectivity index (χ3v) is 6.51. The average molecular weight is 488 g/mol. The van der Waals surface area contributed by atoms with Crippen molar-refractivity contribution in [1.82, 2.24) is 14.5 Å². The summed E-state index contributed by atoms with van der Waals surface area (Å²) >= 11 is 0. The van der Waals surface area contributed by atoms with Crippen molar-refractivity contribution in [2.45, 2.75) is 24.4 Å². The molecule has 8 nitrogen and oxygen atoms in total. The summed E-state index contributed by atoms with van der Waals surface area (Å²) in [4.78, 5) is 28.8. The minimum absolute atomic E-state index is 0.0491. The second-order valence-corrected chi connectivity index (χ2v) is 9.26. The third kappa shape index (κ3) is 3.96. The maximum atomic E-state index is 14.3. The predicted octanol–water partition coefficient (Wildman–Crippen LogP) is 3.34. The molecule has 1 aromatic carbocycles. The molecule has 2 aromatic heterocycles. The molecular formula is C23H23F2N4O4P. The van der Waals surface area contributed by atoms with E-state index in [1.165, 1.54) is 20.2 Å². The zero-order chi connectivity index (χ0) is 24.2. The van der Waals surface area contributed by atoms with Crippen LogP contribution in [0.1, 0.15) is 40.5 Å². The van der Waals surface area contributed by atoms with E-state index in [-0.39, 0.29) is 42.7 Å². The molecule has 34 heavy (non-hydrogen) atoms. The van der Waals surface area contributed by atoms with Gasteiger partial charge >= 0.3 is 0 Å². The molecule has 2 amide bonds. The van der Waals surface area contributed by atoms with Crippen molar-refractivity contribution in [2.24, 2.45) is 0 Å². The van der Waals surface area contributed by atoms with Crippen LogP contribution in [0.25, 0.3) is 5.52 Å². The number of hydrogen-bond acceptors (Lipinski definition) is 5. The van der Waals surface area contributed by atoms with Gasteiger partial charge in [0.15, 0.2) is 11.4 Å². The Morgan fingerprint density at radius 2 is 1.91 bits per heavy atom. The van der Waals surface area contributed by atoms with Crippen LogP contribution in [0.15, 0.2) is 36.4 Å². The smallest absolute Gasteiger partial charge is 0.300 e. The minimum atomic E-state index is -3.30. The van der Waals surface area contributed by atoms with Crippen molar-refractivity contribution in [3.8, 4) is 11.5 Å². The number of benzene rings is 1. The summed E-state index contributed by atoms with van der Waals surface area (Å²) in [5.74, 6) is -0.634. The molecular weight excluding hydrogens is 465 g/mol. The molecule has 3 aromatic rings. The molecule has 178 valence electrons. The molecule has 2 fully saturated rings. The van der Waals surface area contributed by atoms with Gasteiger partial charge in [0, 0.05) is 18.8 Å². The summed E-state index contributed by atoms with van der Waals surface area (Å²) in [5.41, 5.74) is -2.67. The quantitative estimate of drug-likeness (QED) is 0.557. The highest BCUT2D eigenvalue weighted by Gasteiger charge is 2.36. The van der Waals surface area contributed by atoms with Gasteiger partial charge in [0.1, 0.15) is 23.5 Å². The molecule has 5 rings (SSSR count). The topological polar surface area (TPSA) is 87.4 Å². The number of rotatable bonds is 5. The second kappa shape index (κ2) is 8.20. The Morgan fingerprint density at radius 1 is 1.21 bits per heavy atom. The summed E-state index contributed by atoms with van der Waals surface area (Å²) in [6.07, 6.45) is 1.78. The molecule has 1 saturated carbocycles. The standard InChI is InChI=1S/C23H23F2N4O4P/c1-33-16-6-4-15(5-7-16)28-9-8-27(12-19(28)30)22(32)20-21(31)17-10-14(13-2-3-13)11-18(23(24,25)34)29(17)26-20/h4-7,10-11,13,31H,2-3,8-9,12,34H2,1H3. The first kappa shape index (κ1) is 22.5. The fourth-order valence-corrected chi connectivity index (χ4v) is 4.43. The molecule has 0 spiro atoms. The number of nitrogens with zero attached hydrogens (tertiary/aromatic N) is 4. The molecule has 1 saturated heterocycles. The first-order chi connectivity index (χ1) is 16.2. The van der Waals surface area contributed by atoms with Gasteiger partial charge in [0.05, 0.1) is 7.11 Å².